The number of aliphatic hydroxyl groups is 1. The first-order valence-electron chi connectivity index (χ1n) is 16.1. The molecule has 3 heterocycles. The normalized spacial score (nSPS) is 19.4. The molecule has 258 valence electrons. The molecular formula is C36H53BrMgN2O7. The second-order valence-corrected chi connectivity index (χ2v) is 11.9. The fourth-order valence-electron chi connectivity index (χ4n) is 5.17. The molecule has 0 radical (unpaired) electrons. The molecule has 0 bridgehead atoms. The van der Waals surface area contributed by atoms with Gasteiger partial charge in [0, 0.05) is 32.7 Å². The van der Waals surface area contributed by atoms with Gasteiger partial charge in [0.05, 0.1) is 18.7 Å². The van der Waals surface area contributed by atoms with E-state index in [9.17, 15) is 19.5 Å². The van der Waals surface area contributed by atoms with Crippen LogP contribution in [0.25, 0.3) is 0 Å². The van der Waals surface area contributed by atoms with Crippen LogP contribution in [0.1, 0.15) is 82.3 Å². The fraction of sp³-hybridized carbons (Fsp3) is 0.556. The Kier molecular flexibility index (Phi) is 24.6. The molecule has 3 saturated heterocycles. The van der Waals surface area contributed by atoms with Gasteiger partial charge in [-0.05, 0) is 56.6 Å². The largest absolute Gasteiger partial charge is 2.00 e. The standard InChI is InChI=1S/C16H23NO3.C15H19NO3.C4H8O.CH3.BrH.Mg/c1-16(19)10-6-3-7-11-17(13-16)15(18)20-12-14-8-4-2-5-9-14;17-14-9-5-2-6-10-16(11-14)15(18)19-12-13-7-3-1-4-8-13;1-2-4-5-3-1;;;/h2,4-5,8-9,19H,3,6-7,10-13H2,1H3;1,3-4,7-8H,2,5-6,9-12H2;1-4H2;1H3;1H;/q;;;-1;;+2/p-1. The van der Waals surface area contributed by atoms with E-state index in [1.165, 1.54) is 17.7 Å². The van der Waals surface area contributed by atoms with Crippen LogP contribution in [0.4, 0.5) is 9.59 Å². The van der Waals surface area contributed by atoms with Gasteiger partial charge in [-0.3, -0.25) is 4.79 Å². The van der Waals surface area contributed by atoms with Crippen molar-refractivity contribution in [3.63, 3.8) is 0 Å². The summed E-state index contributed by atoms with van der Waals surface area (Å²) in [7, 11) is 0. The molecular weight excluding hydrogens is 677 g/mol. The molecule has 0 saturated carbocycles. The topological polar surface area (TPSA) is 106 Å². The SMILES string of the molecule is C1CCOC1.CC1(O)CCCCCN(C(=O)OCc2ccccc2)C1.O=C1CCCCCN(C(=O)OCc2ccccc2)C1.[Br-].[CH3-].[Mg+2]. The molecule has 1 unspecified atom stereocenters. The summed E-state index contributed by atoms with van der Waals surface area (Å²) >= 11 is 0. The molecule has 3 aliphatic heterocycles. The number of carbonyl (C=O) groups is 3. The molecule has 5 rings (SSSR count). The quantitative estimate of drug-likeness (QED) is 0.379. The summed E-state index contributed by atoms with van der Waals surface area (Å²) in [6.07, 6.45) is 9.02. The summed E-state index contributed by atoms with van der Waals surface area (Å²) in [4.78, 5) is 38.8. The van der Waals surface area contributed by atoms with Crippen molar-refractivity contribution in [2.45, 2.75) is 89.9 Å². The van der Waals surface area contributed by atoms with Crippen molar-refractivity contribution < 1.29 is 50.7 Å². The van der Waals surface area contributed by atoms with E-state index >= 15 is 0 Å². The number of likely N-dealkylation sites (tertiary alicyclic amines) is 2. The van der Waals surface area contributed by atoms with E-state index < -0.39 is 5.60 Å². The number of halogens is 1. The Labute approximate surface area is 308 Å². The predicted octanol–water partition coefficient (Wildman–Crippen LogP) is 3.59. The number of hydrogen-bond acceptors (Lipinski definition) is 7. The average Bonchev–Trinajstić information content (AvgIpc) is 3.61. The van der Waals surface area contributed by atoms with E-state index in [1.54, 1.807) is 11.8 Å². The molecule has 1 N–H and O–H groups in total. The number of carbonyl (C=O) groups excluding carboxylic acids is 3. The molecule has 9 nitrogen and oxygen atoms in total. The van der Waals surface area contributed by atoms with E-state index in [0.29, 0.717) is 26.1 Å². The van der Waals surface area contributed by atoms with Gasteiger partial charge in [-0.15, -0.1) is 0 Å². The number of ether oxygens (including phenoxy) is 3. The summed E-state index contributed by atoms with van der Waals surface area (Å²) in [5.74, 6) is 0.122. The van der Waals surface area contributed by atoms with Crippen LogP contribution < -0.4 is 17.0 Å². The van der Waals surface area contributed by atoms with Crippen LogP contribution in [0.3, 0.4) is 0 Å². The molecule has 0 spiro atoms. The molecule has 11 heteroatoms. The third-order valence-corrected chi connectivity index (χ3v) is 7.68. The van der Waals surface area contributed by atoms with Crippen molar-refractivity contribution >= 4 is 41.0 Å². The van der Waals surface area contributed by atoms with Gasteiger partial charge >= 0.3 is 35.2 Å². The fourth-order valence-corrected chi connectivity index (χ4v) is 5.17. The summed E-state index contributed by atoms with van der Waals surface area (Å²) in [6, 6.07) is 19.2. The molecule has 2 amide bonds. The van der Waals surface area contributed by atoms with E-state index in [2.05, 4.69) is 0 Å². The number of Topliss-reactive ketones (excluding diaryl/α,β-unsaturated/α-hetero) is 1. The van der Waals surface area contributed by atoms with Gasteiger partial charge in [0.25, 0.3) is 0 Å². The van der Waals surface area contributed by atoms with Crippen LogP contribution in [0.5, 0.6) is 0 Å². The third-order valence-electron chi connectivity index (χ3n) is 7.68. The Morgan fingerprint density at radius 3 is 1.77 bits per heavy atom. The molecule has 2 aromatic rings. The zero-order valence-corrected chi connectivity index (χ0v) is 31.4. The first-order valence-corrected chi connectivity index (χ1v) is 16.1. The van der Waals surface area contributed by atoms with Crippen molar-refractivity contribution in [1.29, 1.82) is 0 Å². The minimum atomic E-state index is -0.813. The molecule has 47 heavy (non-hydrogen) atoms. The van der Waals surface area contributed by atoms with Gasteiger partial charge in [-0.2, -0.15) is 0 Å². The number of amides is 2. The zero-order chi connectivity index (χ0) is 31.5. The first kappa shape index (κ1) is 44.8. The van der Waals surface area contributed by atoms with E-state index in [4.69, 9.17) is 14.2 Å². The summed E-state index contributed by atoms with van der Waals surface area (Å²) < 4.78 is 15.5. The number of hydrogen-bond donors (Lipinski definition) is 1. The van der Waals surface area contributed by atoms with E-state index in [-0.39, 0.29) is 85.2 Å². The minimum Gasteiger partial charge on any atom is -1.00 e. The zero-order valence-electron chi connectivity index (χ0n) is 28.4. The maximum Gasteiger partial charge on any atom is 2.00 e. The first-order chi connectivity index (χ1) is 21.3. The number of β-amino-alcohol motifs (C(OH)–C–C–N with tert-alkyl or cyclic N) is 1. The van der Waals surface area contributed by atoms with Crippen molar-refractivity contribution in [3.8, 4) is 0 Å². The van der Waals surface area contributed by atoms with Crippen LogP contribution in [0.15, 0.2) is 60.7 Å². The van der Waals surface area contributed by atoms with Crippen LogP contribution >= 0.6 is 0 Å². The summed E-state index contributed by atoms with van der Waals surface area (Å²) in [5.41, 5.74) is 1.11. The van der Waals surface area contributed by atoms with Gasteiger partial charge < -0.3 is 53.5 Å². The van der Waals surface area contributed by atoms with Crippen molar-refractivity contribution in [3.05, 3.63) is 79.2 Å². The number of nitrogens with zero attached hydrogens (tertiary/aromatic N) is 2. The Morgan fingerprint density at radius 2 is 1.26 bits per heavy atom. The van der Waals surface area contributed by atoms with Gasteiger partial charge in [0.15, 0.2) is 5.78 Å². The maximum atomic E-state index is 12.1. The Morgan fingerprint density at radius 1 is 0.766 bits per heavy atom. The Bertz CT molecular complexity index is 1110. The number of rotatable bonds is 4. The van der Waals surface area contributed by atoms with Crippen molar-refractivity contribution in [1.82, 2.24) is 9.80 Å². The van der Waals surface area contributed by atoms with Gasteiger partial charge in [0.1, 0.15) is 13.2 Å². The molecule has 0 aliphatic carbocycles. The van der Waals surface area contributed by atoms with E-state index in [1.807, 2.05) is 60.7 Å². The minimum absolute atomic E-state index is 0. The molecule has 3 aliphatic rings. The van der Waals surface area contributed by atoms with Crippen LogP contribution in [0, 0.1) is 7.43 Å². The van der Waals surface area contributed by atoms with Crippen LogP contribution in [-0.4, -0.2) is 101 Å². The molecule has 2 aromatic carbocycles. The second kappa shape index (κ2) is 25.8. The second-order valence-electron chi connectivity index (χ2n) is 11.9. The van der Waals surface area contributed by atoms with Gasteiger partial charge in [-0.25, -0.2) is 9.59 Å². The maximum absolute atomic E-state index is 12.1. The van der Waals surface area contributed by atoms with Crippen LogP contribution in [-0.2, 0) is 32.2 Å². The van der Waals surface area contributed by atoms with Crippen molar-refractivity contribution in [2.75, 3.05) is 39.4 Å². The monoisotopic (exact) mass is 728 g/mol. The van der Waals surface area contributed by atoms with Crippen LogP contribution in [0.2, 0.25) is 0 Å². The predicted molar refractivity (Wildman–Crippen MR) is 181 cm³/mol. The van der Waals surface area contributed by atoms with Gasteiger partial charge in [0.2, 0.25) is 0 Å². The summed E-state index contributed by atoms with van der Waals surface area (Å²) in [5, 5.41) is 10.2. The Hall–Kier alpha value is -2.18. The Balaban J connectivity index is 0.000000741. The van der Waals surface area contributed by atoms with Gasteiger partial charge in [-0.1, -0.05) is 79.9 Å². The molecule has 3 fully saturated rings. The van der Waals surface area contributed by atoms with Crippen molar-refractivity contribution in [2.24, 2.45) is 0 Å². The molecule has 1 atom stereocenters. The number of ketones is 1. The smallest absolute Gasteiger partial charge is 1.00 e. The molecule has 0 aromatic heterocycles. The third kappa shape index (κ3) is 19.4. The number of benzene rings is 2. The van der Waals surface area contributed by atoms with E-state index in [0.717, 1.165) is 69.3 Å². The average molecular weight is 730 g/mol. The summed E-state index contributed by atoms with van der Waals surface area (Å²) in [6.45, 7) is 6.12.